The second-order valence-corrected chi connectivity index (χ2v) is 9.01. The van der Waals surface area contributed by atoms with E-state index in [0.717, 1.165) is 28.3 Å². The monoisotopic (exact) mass is 427 g/mol. The lowest BCUT2D eigenvalue weighted by molar-refractivity contribution is -0.130. The van der Waals surface area contributed by atoms with E-state index in [4.69, 9.17) is 0 Å². The summed E-state index contributed by atoms with van der Waals surface area (Å²) in [5.41, 5.74) is 2.06. The second kappa shape index (κ2) is 8.65. The Hall–Kier alpha value is -2.96. The van der Waals surface area contributed by atoms with Crippen molar-refractivity contribution >= 4 is 17.7 Å². The van der Waals surface area contributed by atoms with Gasteiger partial charge in [-0.3, -0.25) is 14.5 Å². The number of rotatable bonds is 8. The number of aryl methyl sites for hydroxylation is 1. The normalized spacial score (nSPS) is 18.7. The molecule has 3 amide bonds. The number of ketones is 1. The van der Waals surface area contributed by atoms with Crippen molar-refractivity contribution in [3.05, 3.63) is 58.7 Å². The summed E-state index contributed by atoms with van der Waals surface area (Å²) in [6.45, 7) is 9.78. The number of nitrogens with one attached hydrogen (secondary N) is 1. The molecule has 3 rings (SSSR count). The maximum Gasteiger partial charge on any atom is 0.325 e. The number of nitrogens with zero attached hydrogens (tertiary/aromatic N) is 2. The van der Waals surface area contributed by atoms with Crippen molar-refractivity contribution in [3.8, 4) is 0 Å². The van der Waals surface area contributed by atoms with Crippen LogP contribution in [0.4, 0.5) is 9.18 Å². The Bertz CT molecular complexity index is 1010. The van der Waals surface area contributed by atoms with Crippen molar-refractivity contribution in [2.24, 2.45) is 5.92 Å². The van der Waals surface area contributed by atoms with Gasteiger partial charge < -0.3 is 9.88 Å². The van der Waals surface area contributed by atoms with E-state index >= 15 is 0 Å². The molecule has 166 valence electrons. The number of urea groups is 1. The highest BCUT2D eigenvalue weighted by molar-refractivity contribution is 6.11. The SMILES string of the molecule is Cc1cc(C(=O)CN2C(=O)N[C@](C)(CCC(C)C)C2=O)c(C)n1Cc1ccc(F)cc1. The van der Waals surface area contributed by atoms with E-state index < -0.39 is 11.6 Å². The Balaban J connectivity index is 1.75. The van der Waals surface area contributed by atoms with Crippen LogP contribution in [0.1, 0.15) is 60.9 Å². The van der Waals surface area contributed by atoms with Gasteiger partial charge in [0, 0.05) is 23.5 Å². The molecule has 2 aromatic rings. The third-order valence-corrected chi connectivity index (χ3v) is 6.00. The Morgan fingerprint density at radius 3 is 2.42 bits per heavy atom. The smallest absolute Gasteiger partial charge is 0.325 e. The summed E-state index contributed by atoms with van der Waals surface area (Å²) < 4.78 is 15.1. The van der Waals surface area contributed by atoms with E-state index in [1.807, 2.05) is 18.4 Å². The lowest BCUT2D eigenvalue weighted by Crippen LogP contribution is -2.44. The molecule has 1 saturated heterocycles. The minimum atomic E-state index is -0.971. The van der Waals surface area contributed by atoms with Crippen LogP contribution in [0, 0.1) is 25.6 Å². The molecule has 1 aliphatic heterocycles. The number of Topliss-reactive ketones (excluding diaryl/α,β-unsaturated/α-hetero) is 1. The third-order valence-electron chi connectivity index (χ3n) is 6.00. The van der Waals surface area contributed by atoms with Crippen LogP contribution in [-0.2, 0) is 11.3 Å². The van der Waals surface area contributed by atoms with E-state index in [1.54, 1.807) is 25.1 Å². The van der Waals surface area contributed by atoms with Crippen LogP contribution in [-0.4, -0.2) is 39.3 Å². The summed E-state index contributed by atoms with van der Waals surface area (Å²) in [5.74, 6) is -0.528. The summed E-state index contributed by atoms with van der Waals surface area (Å²) in [7, 11) is 0. The first-order valence-electron chi connectivity index (χ1n) is 10.6. The zero-order chi connectivity index (χ0) is 22.9. The van der Waals surface area contributed by atoms with Crippen molar-refractivity contribution in [2.75, 3.05) is 6.54 Å². The van der Waals surface area contributed by atoms with Crippen LogP contribution < -0.4 is 5.32 Å². The minimum absolute atomic E-state index is 0.282. The molecular formula is C24H30FN3O3. The fourth-order valence-corrected chi connectivity index (χ4v) is 3.97. The summed E-state index contributed by atoms with van der Waals surface area (Å²) in [4.78, 5) is 39.4. The first-order chi connectivity index (χ1) is 14.5. The van der Waals surface area contributed by atoms with Gasteiger partial charge in [-0.15, -0.1) is 0 Å². The Kier molecular flexibility index (Phi) is 6.34. The lowest BCUT2D eigenvalue weighted by atomic mass is 9.92. The van der Waals surface area contributed by atoms with E-state index in [2.05, 4.69) is 19.2 Å². The van der Waals surface area contributed by atoms with Crippen molar-refractivity contribution < 1.29 is 18.8 Å². The van der Waals surface area contributed by atoms with Gasteiger partial charge in [-0.2, -0.15) is 0 Å². The zero-order valence-electron chi connectivity index (χ0n) is 18.8. The highest BCUT2D eigenvalue weighted by Gasteiger charge is 2.48. The minimum Gasteiger partial charge on any atom is -0.344 e. The highest BCUT2D eigenvalue weighted by atomic mass is 19.1. The summed E-state index contributed by atoms with van der Waals surface area (Å²) >= 11 is 0. The Labute approximate surface area is 182 Å². The van der Waals surface area contributed by atoms with E-state index in [1.165, 1.54) is 12.1 Å². The topological polar surface area (TPSA) is 71.4 Å². The molecule has 0 saturated carbocycles. The molecule has 0 radical (unpaired) electrons. The molecule has 1 aromatic carbocycles. The number of amides is 3. The molecule has 1 N–H and O–H groups in total. The van der Waals surface area contributed by atoms with Gasteiger partial charge in [-0.1, -0.05) is 26.0 Å². The predicted octanol–water partition coefficient (Wildman–Crippen LogP) is 4.22. The molecule has 0 spiro atoms. The zero-order valence-corrected chi connectivity index (χ0v) is 18.8. The van der Waals surface area contributed by atoms with Crippen LogP contribution in [0.5, 0.6) is 0 Å². The van der Waals surface area contributed by atoms with Crippen LogP contribution in [0.3, 0.4) is 0 Å². The first-order valence-corrected chi connectivity index (χ1v) is 10.6. The quantitative estimate of drug-likeness (QED) is 0.506. The third kappa shape index (κ3) is 4.70. The number of carbonyl (C=O) groups excluding carboxylic acids is 3. The number of imide groups is 1. The lowest BCUT2D eigenvalue weighted by Gasteiger charge is -2.22. The molecule has 0 unspecified atom stereocenters. The van der Waals surface area contributed by atoms with Gasteiger partial charge in [-0.25, -0.2) is 9.18 Å². The maximum absolute atomic E-state index is 13.2. The molecule has 0 bridgehead atoms. The number of hydrogen-bond acceptors (Lipinski definition) is 3. The average Bonchev–Trinajstić information content (AvgIpc) is 3.10. The standard InChI is InChI=1S/C24H30FN3O3/c1-15(2)10-11-24(5)22(30)28(23(31)26-24)14-21(29)20-12-16(3)27(17(20)4)13-18-6-8-19(25)9-7-18/h6-9,12,15H,10-11,13-14H2,1-5H3,(H,26,31)/t24-/m1/s1. The fraction of sp³-hybridized carbons (Fsp3) is 0.458. The molecule has 1 atom stereocenters. The van der Waals surface area contributed by atoms with E-state index in [-0.39, 0.29) is 24.1 Å². The van der Waals surface area contributed by atoms with Crippen LogP contribution in [0.2, 0.25) is 0 Å². The number of halogens is 1. The van der Waals surface area contributed by atoms with Gasteiger partial charge in [0.1, 0.15) is 11.4 Å². The van der Waals surface area contributed by atoms with Gasteiger partial charge in [0.25, 0.3) is 5.91 Å². The first kappa shape index (κ1) is 22.7. The van der Waals surface area contributed by atoms with Gasteiger partial charge >= 0.3 is 6.03 Å². The number of hydrogen-bond donors (Lipinski definition) is 1. The molecule has 6 nitrogen and oxygen atoms in total. The number of carbonyl (C=O) groups is 3. The van der Waals surface area contributed by atoms with Crippen molar-refractivity contribution in [1.82, 2.24) is 14.8 Å². The van der Waals surface area contributed by atoms with Gasteiger partial charge in [-0.05, 0) is 63.3 Å². The molecule has 1 fully saturated rings. The Morgan fingerprint density at radius 1 is 1.16 bits per heavy atom. The van der Waals surface area contributed by atoms with Crippen molar-refractivity contribution in [3.63, 3.8) is 0 Å². The number of benzene rings is 1. The van der Waals surface area contributed by atoms with Crippen molar-refractivity contribution in [2.45, 2.75) is 59.5 Å². The average molecular weight is 428 g/mol. The molecular weight excluding hydrogens is 397 g/mol. The summed E-state index contributed by atoms with van der Waals surface area (Å²) in [5, 5.41) is 2.76. The van der Waals surface area contributed by atoms with Crippen LogP contribution in [0.15, 0.2) is 30.3 Å². The summed E-state index contributed by atoms with van der Waals surface area (Å²) in [6, 6.07) is 7.48. The number of aromatic nitrogens is 1. The van der Waals surface area contributed by atoms with Gasteiger partial charge in [0.05, 0.1) is 6.54 Å². The van der Waals surface area contributed by atoms with Crippen LogP contribution in [0.25, 0.3) is 0 Å². The molecule has 31 heavy (non-hydrogen) atoms. The second-order valence-electron chi connectivity index (χ2n) is 9.01. The molecule has 0 aliphatic carbocycles. The fourth-order valence-electron chi connectivity index (χ4n) is 3.97. The van der Waals surface area contributed by atoms with Gasteiger partial charge in [0.2, 0.25) is 0 Å². The largest absolute Gasteiger partial charge is 0.344 e. The molecule has 1 aliphatic rings. The molecule has 2 heterocycles. The van der Waals surface area contributed by atoms with Crippen molar-refractivity contribution in [1.29, 1.82) is 0 Å². The maximum atomic E-state index is 13.2. The van der Waals surface area contributed by atoms with Gasteiger partial charge in [0.15, 0.2) is 5.78 Å². The highest BCUT2D eigenvalue weighted by Crippen LogP contribution is 2.26. The van der Waals surface area contributed by atoms with E-state index in [9.17, 15) is 18.8 Å². The predicted molar refractivity (Wildman–Crippen MR) is 116 cm³/mol. The van der Waals surface area contributed by atoms with E-state index in [0.29, 0.717) is 24.4 Å². The Morgan fingerprint density at radius 2 is 1.81 bits per heavy atom. The summed E-state index contributed by atoms with van der Waals surface area (Å²) in [6.07, 6.45) is 1.33. The molecule has 7 heteroatoms. The molecule has 1 aromatic heterocycles. The van der Waals surface area contributed by atoms with Crippen LogP contribution >= 0.6 is 0 Å².